The van der Waals surface area contributed by atoms with Crippen LogP contribution in [0.2, 0.25) is 0 Å². The van der Waals surface area contributed by atoms with Gasteiger partial charge in [-0.15, -0.1) is 5.10 Å². The number of amides is 1. The van der Waals surface area contributed by atoms with Crippen LogP contribution in [0.3, 0.4) is 0 Å². The van der Waals surface area contributed by atoms with E-state index in [2.05, 4.69) is 15.5 Å². The van der Waals surface area contributed by atoms with Crippen LogP contribution in [0.15, 0.2) is 5.16 Å². The summed E-state index contributed by atoms with van der Waals surface area (Å²) in [5, 5.41) is 12.4. The van der Waals surface area contributed by atoms with Gasteiger partial charge in [-0.2, -0.15) is 0 Å². The summed E-state index contributed by atoms with van der Waals surface area (Å²) in [6, 6.07) is 0.441. The number of carbonyl (C=O) groups excluding carboxylic acids is 1. The van der Waals surface area contributed by atoms with Gasteiger partial charge in [0.15, 0.2) is 0 Å². The first-order chi connectivity index (χ1) is 9.24. The molecule has 0 aromatic carbocycles. The summed E-state index contributed by atoms with van der Waals surface area (Å²) in [6.07, 6.45) is 2.39. The Morgan fingerprint density at radius 3 is 3.11 bits per heavy atom. The lowest BCUT2D eigenvalue weighted by Gasteiger charge is -2.31. The van der Waals surface area contributed by atoms with Gasteiger partial charge in [-0.05, 0) is 30.2 Å². The lowest BCUT2D eigenvalue weighted by Crippen LogP contribution is -2.45. The van der Waals surface area contributed by atoms with Gasteiger partial charge in [0.2, 0.25) is 11.1 Å². The molecule has 7 nitrogen and oxygen atoms in total. The number of ether oxygens (including phenoxy) is 1. The van der Waals surface area contributed by atoms with E-state index < -0.39 is 0 Å². The highest BCUT2D eigenvalue weighted by Gasteiger charge is 2.28. The molecule has 2 fully saturated rings. The Hall–Kier alpha value is -1.15. The maximum absolute atomic E-state index is 12.1. The van der Waals surface area contributed by atoms with Crippen LogP contribution in [0.5, 0.6) is 0 Å². The molecule has 2 heterocycles. The zero-order valence-electron chi connectivity index (χ0n) is 10.9. The monoisotopic (exact) mass is 283 g/mol. The van der Waals surface area contributed by atoms with Crippen molar-refractivity contribution in [2.45, 2.75) is 37.1 Å². The van der Waals surface area contributed by atoms with Crippen LogP contribution in [0.1, 0.15) is 25.8 Å². The summed E-state index contributed by atoms with van der Waals surface area (Å²) < 4.78 is 7.26. The van der Waals surface area contributed by atoms with Crippen LogP contribution in [0.25, 0.3) is 0 Å². The normalized spacial score (nSPS) is 23.6. The minimum Gasteiger partial charge on any atom is -0.375 e. The SMILES string of the molecule is CC1CN(C(=O)CSc2nnnn2C2CC2)CCO1. The smallest absolute Gasteiger partial charge is 0.233 e. The molecule has 1 atom stereocenters. The molecule has 3 rings (SSSR count). The highest BCUT2D eigenvalue weighted by Crippen LogP contribution is 2.36. The summed E-state index contributed by atoms with van der Waals surface area (Å²) >= 11 is 1.42. The maximum Gasteiger partial charge on any atom is 0.233 e. The van der Waals surface area contributed by atoms with Crippen LogP contribution < -0.4 is 0 Å². The number of thioether (sulfide) groups is 1. The second-order valence-corrected chi connectivity index (χ2v) is 5.89. The van der Waals surface area contributed by atoms with Crippen molar-refractivity contribution in [3.63, 3.8) is 0 Å². The quantitative estimate of drug-likeness (QED) is 0.742. The molecule has 8 heteroatoms. The van der Waals surface area contributed by atoms with Gasteiger partial charge in [0.25, 0.3) is 0 Å². The van der Waals surface area contributed by atoms with Crippen LogP contribution in [-0.4, -0.2) is 62.6 Å². The molecule has 0 bridgehead atoms. The zero-order valence-corrected chi connectivity index (χ0v) is 11.7. The van der Waals surface area contributed by atoms with Crippen LogP contribution in [0.4, 0.5) is 0 Å². The molecule has 0 N–H and O–H groups in total. The van der Waals surface area contributed by atoms with E-state index in [1.54, 1.807) is 0 Å². The molecule has 1 aliphatic heterocycles. The van der Waals surface area contributed by atoms with Crippen LogP contribution >= 0.6 is 11.8 Å². The Bertz CT molecular complexity index is 462. The summed E-state index contributed by atoms with van der Waals surface area (Å²) in [5.74, 6) is 0.519. The number of tetrazole rings is 1. The van der Waals surface area contributed by atoms with Crippen molar-refractivity contribution in [1.29, 1.82) is 0 Å². The second kappa shape index (κ2) is 5.46. The van der Waals surface area contributed by atoms with Crippen molar-refractivity contribution in [2.24, 2.45) is 0 Å². The summed E-state index contributed by atoms with van der Waals surface area (Å²) in [5.41, 5.74) is 0. The van der Waals surface area contributed by atoms with Gasteiger partial charge in [-0.1, -0.05) is 11.8 Å². The fraction of sp³-hybridized carbons (Fsp3) is 0.818. The number of morpholine rings is 1. The van der Waals surface area contributed by atoms with Gasteiger partial charge in [-0.25, -0.2) is 4.68 Å². The summed E-state index contributed by atoms with van der Waals surface area (Å²) in [7, 11) is 0. The molecular formula is C11H17N5O2S. The van der Waals surface area contributed by atoms with E-state index in [1.807, 2.05) is 16.5 Å². The average molecular weight is 283 g/mol. The molecule has 1 aliphatic carbocycles. The van der Waals surface area contributed by atoms with E-state index in [9.17, 15) is 4.79 Å². The fourth-order valence-corrected chi connectivity index (χ4v) is 2.94. The molecule has 1 aromatic heterocycles. The third-order valence-electron chi connectivity index (χ3n) is 3.27. The Morgan fingerprint density at radius 1 is 1.53 bits per heavy atom. The summed E-state index contributed by atoms with van der Waals surface area (Å²) in [6.45, 7) is 3.96. The van der Waals surface area contributed by atoms with Crippen molar-refractivity contribution in [1.82, 2.24) is 25.1 Å². The largest absolute Gasteiger partial charge is 0.375 e. The minimum absolute atomic E-state index is 0.125. The Labute approximate surface area is 115 Å². The minimum atomic E-state index is 0.125. The first-order valence-corrected chi connectivity index (χ1v) is 7.52. The van der Waals surface area contributed by atoms with Gasteiger partial charge in [0.1, 0.15) is 0 Å². The van der Waals surface area contributed by atoms with E-state index in [0.717, 1.165) is 18.0 Å². The molecule has 1 aromatic rings. The summed E-state index contributed by atoms with van der Waals surface area (Å²) in [4.78, 5) is 14.0. The molecule has 1 unspecified atom stereocenters. The predicted octanol–water partition coefficient (Wildman–Crippen LogP) is 0.347. The molecule has 104 valence electrons. The Kier molecular flexibility index (Phi) is 3.69. The maximum atomic E-state index is 12.1. The molecule has 19 heavy (non-hydrogen) atoms. The molecule has 1 saturated heterocycles. The first-order valence-electron chi connectivity index (χ1n) is 6.54. The highest BCUT2D eigenvalue weighted by atomic mass is 32.2. The van der Waals surface area contributed by atoms with Gasteiger partial charge in [-0.3, -0.25) is 4.79 Å². The van der Waals surface area contributed by atoms with E-state index in [4.69, 9.17) is 4.74 Å². The topological polar surface area (TPSA) is 73.1 Å². The fourth-order valence-electron chi connectivity index (χ4n) is 2.09. The van der Waals surface area contributed by atoms with E-state index in [1.165, 1.54) is 11.8 Å². The third-order valence-corrected chi connectivity index (χ3v) is 4.19. The number of aromatic nitrogens is 4. The van der Waals surface area contributed by atoms with Gasteiger partial charge in [0.05, 0.1) is 24.5 Å². The number of hydrogen-bond donors (Lipinski definition) is 0. The van der Waals surface area contributed by atoms with Crippen molar-refractivity contribution >= 4 is 17.7 Å². The van der Waals surface area contributed by atoms with E-state index in [0.29, 0.717) is 31.5 Å². The number of carbonyl (C=O) groups is 1. The van der Waals surface area contributed by atoms with Crippen molar-refractivity contribution in [3.05, 3.63) is 0 Å². The molecule has 0 spiro atoms. The van der Waals surface area contributed by atoms with E-state index in [-0.39, 0.29) is 12.0 Å². The third kappa shape index (κ3) is 3.06. The van der Waals surface area contributed by atoms with Crippen molar-refractivity contribution < 1.29 is 9.53 Å². The van der Waals surface area contributed by atoms with Crippen LogP contribution in [-0.2, 0) is 9.53 Å². The first kappa shape index (κ1) is 12.9. The van der Waals surface area contributed by atoms with Crippen molar-refractivity contribution in [2.75, 3.05) is 25.4 Å². The van der Waals surface area contributed by atoms with Crippen LogP contribution in [0, 0.1) is 0 Å². The van der Waals surface area contributed by atoms with Gasteiger partial charge >= 0.3 is 0 Å². The lowest BCUT2D eigenvalue weighted by molar-refractivity contribution is -0.135. The standard InChI is InChI=1S/C11H17N5O2S/c1-8-6-15(4-5-18-8)10(17)7-19-11-12-13-14-16(11)9-2-3-9/h8-9H,2-7H2,1H3. The number of nitrogens with zero attached hydrogens (tertiary/aromatic N) is 5. The van der Waals surface area contributed by atoms with E-state index >= 15 is 0 Å². The Balaban J connectivity index is 1.53. The highest BCUT2D eigenvalue weighted by molar-refractivity contribution is 7.99. The molecule has 2 aliphatic rings. The molecule has 0 radical (unpaired) electrons. The molecule has 1 saturated carbocycles. The zero-order chi connectivity index (χ0) is 13.2. The number of hydrogen-bond acceptors (Lipinski definition) is 6. The predicted molar refractivity (Wildman–Crippen MR) is 68.8 cm³/mol. The van der Waals surface area contributed by atoms with Gasteiger partial charge in [0, 0.05) is 13.1 Å². The van der Waals surface area contributed by atoms with Gasteiger partial charge < -0.3 is 9.64 Å². The average Bonchev–Trinajstić information content (AvgIpc) is 3.15. The molecule has 1 amide bonds. The lowest BCUT2D eigenvalue weighted by atomic mass is 10.3. The molecular weight excluding hydrogens is 266 g/mol. The van der Waals surface area contributed by atoms with Crippen molar-refractivity contribution in [3.8, 4) is 0 Å². The second-order valence-electron chi connectivity index (χ2n) is 4.95. The number of rotatable bonds is 4. The Morgan fingerprint density at radius 2 is 2.37 bits per heavy atom.